The zero-order valence-corrected chi connectivity index (χ0v) is 42.0. The number of hydrogen-bond acceptors (Lipinski definition) is 5. The summed E-state index contributed by atoms with van der Waals surface area (Å²) < 4.78 is 30.2. The van der Waals surface area contributed by atoms with Gasteiger partial charge in [-0.1, -0.05) is 122 Å². The Bertz CT molecular complexity index is 3550. The number of nitrogens with zero attached hydrogens (tertiary/aromatic N) is 4. The van der Waals surface area contributed by atoms with Gasteiger partial charge in [0.25, 0.3) is 0 Å². The van der Waals surface area contributed by atoms with E-state index in [-0.39, 0.29) is 43.1 Å². The van der Waals surface area contributed by atoms with Gasteiger partial charge < -0.3 is 23.5 Å². The third-order valence-corrected chi connectivity index (χ3v) is 13.1. The molecular weight excluding hydrogens is 1020 g/mol. The molecule has 0 spiro atoms. The molecule has 7 aromatic carbocycles. The number of rotatable bonds is 6. The largest absolute Gasteiger partial charge is 0.509 e. The van der Waals surface area contributed by atoms with Gasteiger partial charge in [0.15, 0.2) is 0 Å². The summed E-state index contributed by atoms with van der Waals surface area (Å²) >= 11 is 0. The predicted molar refractivity (Wildman–Crippen MR) is 273 cm³/mol. The van der Waals surface area contributed by atoms with Crippen LogP contribution in [0.2, 0.25) is 0 Å². The van der Waals surface area contributed by atoms with Crippen molar-refractivity contribution in [1.29, 1.82) is 0 Å². The quantitative estimate of drug-likeness (QED) is 0.155. The Kier molecular flexibility index (Phi) is 11.0. The summed E-state index contributed by atoms with van der Waals surface area (Å²) in [6.07, 6.45) is 1.83. The van der Waals surface area contributed by atoms with Crippen molar-refractivity contribution >= 4 is 66.5 Å². The van der Waals surface area contributed by atoms with Gasteiger partial charge in [-0.2, -0.15) is 12.1 Å². The molecule has 0 amide bonds. The maximum Gasteiger partial charge on any atom is 0.143 e. The summed E-state index contributed by atoms with van der Waals surface area (Å²) in [5.74, 6) is 1.45. The summed E-state index contributed by atoms with van der Waals surface area (Å²) in [7, 11) is 0. The number of aromatic nitrogens is 2. The number of furan rings is 1. The van der Waals surface area contributed by atoms with Crippen LogP contribution in [0.1, 0.15) is 79.0 Å². The van der Waals surface area contributed by atoms with Gasteiger partial charge in [-0.05, 0) is 92.9 Å². The van der Waals surface area contributed by atoms with Crippen LogP contribution >= 0.6 is 0 Å². The topological polar surface area (TPSA) is 46.7 Å². The van der Waals surface area contributed by atoms with E-state index in [9.17, 15) is 4.39 Å². The van der Waals surface area contributed by atoms with E-state index >= 15 is 0 Å². The molecule has 1 aliphatic heterocycles. The number of halogens is 1. The van der Waals surface area contributed by atoms with E-state index in [0.29, 0.717) is 11.5 Å². The monoisotopic (exact) mass is 1070 g/mol. The van der Waals surface area contributed by atoms with Crippen molar-refractivity contribution < 1.29 is 34.6 Å². The third kappa shape index (κ3) is 7.85. The van der Waals surface area contributed by atoms with Crippen LogP contribution in [0, 0.1) is 24.6 Å². The first-order valence-corrected chi connectivity index (χ1v) is 23.0. The molecule has 0 N–H and O–H groups in total. The number of pyridine rings is 1. The molecule has 8 heteroatoms. The van der Waals surface area contributed by atoms with Gasteiger partial charge in [0.2, 0.25) is 0 Å². The molecule has 6 nitrogen and oxygen atoms in total. The Balaban J connectivity index is 0.00000539. The summed E-state index contributed by atoms with van der Waals surface area (Å²) in [4.78, 5) is 9.32. The van der Waals surface area contributed by atoms with Crippen molar-refractivity contribution in [1.82, 2.24) is 9.55 Å². The van der Waals surface area contributed by atoms with Gasteiger partial charge in [-0.25, -0.2) is 9.37 Å². The number of hydrogen-bond donors (Lipinski definition) is 0. The van der Waals surface area contributed by atoms with Crippen LogP contribution in [0.3, 0.4) is 0 Å². The Morgan fingerprint density at radius 3 is 2.04 bits per heavy atom. The number of fused-ring (bicyclic) bond motifs is 7. The average molecular weight is 1080 g/mol. The fourth-order valence-electron chi connectivity index (χ4n) is 9.35. The van der Waals surface area contributed by atoms with E-state index in [1.807, 2.05) is 53.2 Å². The van der Waals surface area contributed by atoms with Crippen molar-refractivity contribution in [3.63, 3.8) is 0 Å². The summed E-state index contributed by atoms with van der Waals surface area (Å²) in [6.45, 7) is 22.4. The molecule has 68 heavy (non-hydrogen) atoms. The molecule has 0 unspecified atom stereocenters. The van der Waals surface area contributed by atoms with Crippen LogP contribution in [0.4, 0.5) is 27.1 Å². The SMILES string of the molecule is CC(C)(C)c1cc(N2[CH-]N(c3[c-]c(Oc4[c-]c5c(cc4)c4cc(F)ccc4n5-c4cc(C(C)(C)C)ccn4)ccc3)c3cccc(-c4cccc5c4oc4ccccc45)c32)cc(C(C)(C)C)c1.[Pt]. The predicted octanol–water partition coefficient (Wildman–Crippen LogP) is 16.6. The van der Waals surface area contributed by atoms with Gasteiger partial charge in [0, 0.05) is 83.2 Å². The molecule has 0 saturated carbocycles. The van der Waals surface area contributed by atoms with E-state index in [2.05, 4.69) is 170 Å². The summed E-state index contributed by atoms with van der Waals surface area (Å²) in [5, 5.41) is 3.80. The molecular formula is C60H52FN4O2Pt-3. The molecule has 0 bridgehead atoms. The molecule has 0 atom stereocenters. The molecule has 11 rings (SSSR count). The van der Waals surface area contributed by atoms with E-state index in [1.165, 1.54) is 17.2 Å². The van der Waals surface area contributed by atoms with E-state index in [4.69, 9.17) is 14.1 Å². The van der Waals surface area contributed by atoms with Crippen molar-refractivity contribution in [3.8, 4) is 28.4 Å². The molecule has 10 aromatic rings. The zero-order chi connectivity index (χ0) is 46.6. The Morgan fingerprint density at radius 1 is 0.588 bits per heavy atom. The fraction of sp³-hybridized carbons (Fsp3) is 0.200. The van der Waals surface area contributed by atoms with E-state index < -0.39 is 0 Å². The van der Waals surface area contributed by atoms with Gasteiger partial charge in [-0.3, -0.25) is 0 Å². The number of ether oxygens (including phenoxy) is 1. The van der Waals surface area contributed by atoms with Crippen LogP contribution in [-0.2, 0) is 37.3 Å². The van der Waals surface area contributed by atoms with Gasteiger partial charge >= 0.3 is 0 Å². The standard InChI is InChI=1S/C60H52FN4O2.Pt/c1-58(2,3)37-27-28-62-55(32-37)65-51-26-23-40(61)33-50(51)45-25-24-44(35-53(45)65)66-43-16-12-15-41(34-43)63-36-64(42-30-38(59(4,5)6)29-39(31-42)60(7,8)9)56-47(18-14-21-52(56)63)49-20-13-19-48-46-17-10-11-22-54(46)67-57(48)49;/h10-33,36H,1-9H3;/q-3;. The van der Waals surface area contributed by atoms with Crippen molar-refractivity contribution in [2.24, 2.45) is 0 Å². The van der Waals surface area contributed by atoms with Crippen molar-refractivity contribution in [2.75, 3.05) is 9.80 Å². The molecule has 344 valence electrons. The molecule has 3 aromatic heterocycles. The van der Waals surface area contributed by atoms with E-state index in [1.54, 1.807) is 12.1 Å². The summed E-state index contributed by atoms with van der Waals surface area (Å²) in [6, 6.07) is 54.2. The smallest absolute Gasteiger partial charge is 0.143 e. The van der Waals surface area contributed by atoms with Crippen LogP contribution in [0.15, 0.2) is 150 Å². The van der Waals surface area contributed by atoms with Crippen LogP contribution in [0.25, 0.3) is 60.7 Å². The molecule has 0 radical (unpaired) electrons. The minimum absolute atomic E-state index is 0. The fourth-order valence-corrected chi connectivity index (χ4v) is 9.35. The maximum absolute atomic E-state index is 14.8. The second kappa shape index (κ2) is 16.5. The Hall–Kier alpha value is -6.69. The number of para-hydroxylation sites is 3. The second-order valence-corrected chi connectivity index (χ2v) is 20.8. The molecule has 0 fully saturated rings. The Labute approximate surface area is 412 Å². The minimum atomic E-state index is -0.302. The summed E-state index contributed by atoms with van der Waals surface area (Å²) in [5.41, 5.74) is 12.6. The Morgan fingerprint density at radius 2 is 1.28 bits per heavy atom. The first-order chi connectivity index (χ1) is 32.0. The second-order valence-electron chi connectivity index (χ2n) is 20.8. The molecule has 1 aliphatic rings. The van der Waals surface area contributed by atoms with Crippen molar-refractivity contribution in [3.05, 3.63) is 187 Å². The molecule has 4 heterocycles. The van der Waals surface area contributed by atoms with E-state index in [0.717, 1.165) is 89.0 Å². The minimum Gasteiger partial charge on any atom is -0.509 e. The van der Waals surface area contributed by atoms with Crippen molar-refractivity contribution in [2.45, 2.75) is 78.6 Å². The first kappa shape index (κ1) is 45.1. The maximum atomic E-state index is 14.8. The van der Waals surface area contributed by atoms with Crippen LogP contribution in [0.5, 0.6) is 11.5 Å². The first-order valence-electron chi connectivity index (χ1n) is 23.0. The normalized spacial score (nSPS) is 13.2. The van der Waals surface area contributed by atoms with Crippen LogP contribution < -0.4 is 14.5 Å². The van der Waals surface area contributed by atoms with Gasteiger partial charge in [0.1, 0.15) is 22.8 Å². The number of anilines is 4. The zero-order valence-electron chi connectivity index (χ0n) is 39.7. The number of benzene rings is 7. The third-order valence-electron chi connectivity index (χ3n) is 13.1. The van der Waals surface area contributed by atoms with Gasteiger partial charge in [0.05, 0.1) is 0 Å². The molecule has 0 aliphatic carbocycles. The van der Waals surface area contributed by atoms with Crippen LogP contribution in [-0.4, -0.2) is 9.55 Å². The molecule has 0 saturated heterocycles. The average Bonchev–Trinajstić information content (AvgIpc) is 3.98. The van der Waals surface area contributed by atoms with Gasteiger partial charge in [-0.15, -0.1) is 48.1 Å².